The monoisotopic (exact) mass is 207 g/mol. The summed E-state index contributed by atoms with van der Waals surface area (Å²) in [5, 5.41) is 4.78. The molecule has 0 amide bonds. The lowest BCUT2D eigenvalue weighted by molar-refractivity contribution is 0.861. The molecule has 0 radical (unpaired) electrons. The summed E-state index contributed by atoms with van der Waals surface area (Å²) in [4.78, 5) is 3.91. The van der Waals surface area contributed by atoms with Gasteiger partial charge in [-0.05, 0) is 18.1 Å². The first kappa shape index (κ1) is 9.21. The van der Waals surface area contributed by atoms with Gasteiger partial charge in [-0.3, -0.25) is 0 Å². The van der Waals surface area contributed by atoms with Crippen LogP contribution in [-0.2, 0) is 6.42 Å². The van der Waals surface area contributed by atoms with Gasteiger partial charge in [-0.15, -0.1) is 0 Å². The van der Waals surface area contributed by atoms with Gasteiger partial charge in [0.05, 0.1) is 10.7 Å². The normalized spacial score (nSPS) is 10.4. The van der Waals surface area contributed by atoms with E-state index in [-0.39, 0.29) is 0 Å². The van der Waals surface area contributed by atoms with Crippen LogP contribution in [0.3, 0.4) is 0 Å². The average Bonchev–Trinajstić information content (AvgIpc) is 2.70. The van der Waals surface area contributed by atoms with Crippen molar-refractivity contribution in [1.82, 2.24) is 14.8 Å². The van der Waals surface area contributed by atoms with Crippen LogP contribution in [0.25, 0.3) is 5.69 Å². The topological polar surface area (TPSA) is 30.7 Å². The van der Waals surface area contributed by atoms with Gasteiger partial charge in [-0.2, -0.15) is 5.10 Å². The van der Waals surface area contributed by atoms with E-state index in [0.29, 0.717) is 5.02 Å². The molecular formula is C10H10ClN3. The summed E-state index contributed by atoms with van der Waals surface area (Å²) in [6, 6.07) is 5.85. The van der Waals surface area contributed by atoms with Gasteiger partial charge in [-0.1, -0.05) is 30.7 Å². The van der Waals surface area contributed by atoms with Crippen molar-refractivity contribution in [2.75, 3.05) is 0 Å². The minimum absolute atomic E-state index is 0.704. The molecule has 1 aromatic heterocycles. The standard InChI is InChI=1S/C10H10ClN3/c1-2-8-4-3-5-9(11)10(8)14-7-12-6-13-14/h3-7H,2H2,1H3. The predicted molar refractivity (Wildman–Crippen MR) is 55.7 cm³/mol. The first-order chi connectivity index (χ1) is 6.83. The fourth-order valence-corrected chi connectivity index (χ4v) is 1.71. The Hall–Kier alpha value is -1.35. The number of hydrogen-bond acceptors (Lipinski definition) is 2. The van der Waals surface area contributed by atoms with Crippen molar-refractivity contribution in [1.29, 1.82) is 0 Å². The molecule has 1 heterocycles. The van der Waals surface area contributed by atoms with Crippen LogP contribution in [0.5, 0.6) is 0 Å². The van der Waals surface area contributed by atoms with Crippen LogP contribution >= 0.6 is 11.6 Å². The number of para-hydroxylation sites is 1. The van der Waals surface area contributed by atoms with Gasteiger partial charge in [0.25, 0.3) is 0 Å². The maximum atomic E-state index is 6.11. The summed E-state index contributed by atoms with van der Waals surface area (Å²) >= 11 is 6.11. The lowest BCUT2D eigenvalue weighted by atomic mass is 10.1. The second-order valence-electron chi connectivity index (χ2n) is 2.94. The summed E-state index contributed by atoms with van der Waals surface area (Å²) in [5.41, 5.74) is 2.09. The zero-order chi connectivity index (χ0) is 9.97. The van der Waals surface area contributed by atoms with Gasteiger partial charge in [0.2, 0.25) is 0 Å². The minimum Gasteiger partial charge on any atom is -0.223 e. The SMILES string of the molecule is CCc1cccc(Cl)c1-n1cncn1. The Morgan fingerprint density at radius 2 is 2.29 bits per heavy atom. The summed E-state index contributed by atoms with van der Waals surface area (Å²) in [6.07, 6.45) is 4.08. The fraction of sp³-hybridized carbons (Fsp3) is 0.200. The van der Waals surface area contributed by atoms with E-state index in [1.807, 2.05) is 18.2 Å². The van der Waals surface area contributed by atoms with E-state index in [9.17, 15) is 0 Å². The van der Waals surface area contributed by atoms with Crippen LogP contribution in [0, 0.1) is 0 Å². The Labute approximate surface area is 87.3 Å². The molecule has 14 heavy (non-hydrogen) atoms. The van der Waals surface area contributed by atoms with Gasteiger partial charge in [0, 0.05) is 0 Å². The Morgan fingerprint density at radius 1 is 1.43 bits per heavy atom. The second-order valence-corrected chi connectivity index (χ2v) is 3.35. The Morgan fingerprint density at radius 3 is 2.93 bits per heavy atom. The van der Waals surface area contributed by atoms with E-state index >= 15 is 0 Å². The van der Waals surface area contributed by atoms with Gasteiger partial charge < -0.3 is 0 Å². The summed E-state index contributed by atoms with van der Waals surface area (Å²) < 4.78 is 1.70. The van der Waals surface area contributed by atoms with E-state index in [1.54, 1.807) is 11.0 Å². The van der Waals surface area contributed by atoms with E-state index in [0.717, 1.165) is 12.1 Å². The highest BCUT2D eigenvalue weighted by Crippen LogP contribution is 2.23. The molecule has 0 aliphatic rings. The predicted octanol–water partition coefficient (Wildman–Crippen LogP) is 2.48. The summed E-state index contributed by atoms with van der Waals surface area (Å²) in [6.45, 7) is 2.09. The van der Waals surface area contributed by atoms with Crippen molar-refractivity contribution >= 4 is 11.6 Å². The van der Waals surface area contributed by atoms with Crippen LogP contribution < -0.4 is 0 Å². The highest BCUT2D eigenvalue weighted by molar-refractivity contribution is 6.32. The first-order valence-electron chi connectivity index (χ1n) is 4.45. The molecule has 1 aromatic carbocycles. The van der Waals surface area contributed by atoms with Gasteiger partial charge >= 0.3 is 0 Å². The van der Waals surface area contributed by atoms with Gasteiger partial charge in [-0.25, -0.2) is 9.67 Å². The molecule has 72 valence electrons. The molecule has 0 bridgehead atoms. The molecular weight excluding hydrogens is 198 g/mol. The maximum absolute atomic E-state index is 6.11. The molecule has 2 rings (SSSR count). The van der Waals surface area contributed by atoms with E-state index < -0.39 is 0 Å². The molecule has 0 fully saturated rings. The molecule has 0 atom stereocenters. The number of benzene rings is 1. The molecule has 0 spiro atoms. The van der Waals surface area contributed by atoms with Crippen LogP contribution in [0.1, 0.15) is 12.5 Å². The van der Waals surface area contributed by atoms with Gasteiger partial charge in [0.15, 0.2) is 0 Å². The van der Waals surface area contributed by atoms with Crippen molar-refractivity contribution in [3.05, 3.63) is 41.4 Å². The van der Waals surface area contributed by atoms with Crippen molar-refractivity contribution in [3.8, 4) is 5.69 Å². The molecule has 0 saturated carbocycles. The maximum Gasteiger partial charge on any atom is 0.138 e. The van der Waals surface area contributed by atoms with Crippen LogP contribution in [0.4, 0.5) is 0 Å². The van der Waals surface area contributed by atoms with Gasteiger partial charge in [0.1, 0.15) is 12.7 Å². The van der Waals surface area contributed by atoms with Crippen LogP contribution in [-0.4, -0.2) is 14.8 Å². The van der Waals surface area contributed by atoms with E-state index in [1.165, 1.54) is 11.9 Å². The Kier molecular flexibility index (Phi) is 2.50. The van der Waals surface area contributed by atoms with Crippen LogP contribution in [0.15, 0.2) is 30.9 Å². The molecule has 0 unspecified atom stereocenters. The third-order valence-electron chi connectivity index (χ3n) is 2.10. The zero-order valence-corrected chi connectivity index (χ0v) is 8.57. The quantitative estimate of drug-likeness (QED) is 0.758. The van der Waals surface area contributed by atoms with E-state index in [4.69, 9.17) is 11.6 Å². The smallest absolute Gasteiger partial charge is 0.138 e. The third-order valence-corrected chi connectivity index (χ3v) is 2.40. The molecule has 0 aliphatic heterocycles. The Balaban J connectivity index is 2.61. The molecule has 0 N–H and O–H groups in total. The number of hydrogen-bond donors (Lipinski definition) is 0. The molecule has 4 heteroatoms. The number of halogens is 1. The second kappa shape index (κ2) is 3.80. The molecule has 0 aliphatic carbocycles. The number of aryl methyl sites for hydroxylation is 1. The molecule has 3 nitrogen and oxygen atoms in total. The highest BCUT2D eigenvalue weighted by atomic mass is 35.5. The van der Waals surface area contributed by atoms with E-state index in [2.05, 4.69) is 17.0 Å². The highest BCUT2D eigenvalue weighted by Gasteiger charge is 2.07. The lowest BCUT2D eigenvalue weighted by Crippen LogP contribution is -2.00. The first-order valence-corrected chi connectivity index (χ1v) is 4.83. The number of nitrogens with zero attached hydrogens (tertiary/aromatic N) is 3. The minimum atomic E-state index is 0.704. The fourth-order valence-electron chi connectivity index (χ4n) is 1.43. The van der Waals surface area contributed by atoms with Crippen molar-refractivity contribution in [3.63, 3.8) is 0 Å². The number of rotatable bonds is 2. The average molecular weight is 208 g/mol. The largest absolute Gasteiger partial charge is 0.223 e. The molecule has 0 saturated heterocycles. The van der Waals surface area contributed by atoms with Crippen molar-refractivity contribution < 1.29 is 0 Å². The number of aromatic nitrogens is 3. The summed E-state index contributed by atoms with van der Waals surface area (Å²) in [7, 11) is 0. The van der Waals surface area contributed by atoms with Crippen LogP contribution in [0.2, 0.25) is 5.02 Å². The van der Waals surface area contributed by atoms with Crippen molar-refractivity contribution in [2.45, 2.75) is 13.3 Å². The Bertz CT molecular complexity index is 423. The zero-order valence-electron chi connectivity index (χ0n) is 7.81. The lowest BCUT2D eigenvalue weighted by Gasteiger charge is -2.08. The van der Waals surface area contributed by atoms with Crippen molar-refractivity contribution in [2.24, 2.45) is 0 Å². The summed E-state index contributed by atoms with van der Waals surface area (Å²) in [5.74, 6) is 0. The molecule has 2 aromatic rings. The third kappa shape index (κ3) is 1.51.